The number of rotatable bonds is 6. The van der Waals surface area contributed by atoms with Gasteiger partial charge in [-0.2, -0.15) is 0 Å². The second-order valence-corrected chi connectivity index (χ2v) is 13.0. The van der Waals surface area contributed by atoms with Gasteiger partial charge in [-0.25, -0.2) is 0 Å². The predicted octanol–water partition coefficient (Wildman–Crippen LogP) is 5.82. The SMILES string of the molecule is Cc1cccc(P(c2ccccc2)c2ccc(P(c3ccccc3)c3cccc(C)c3)cc2)c1. The summed E-state index contributed by atoms with van der Waals surface area (Å²) < 4.78 is 0. The molecule has 0 aromatic heterocycles. The largest absolute Gasteiger partial charge is 0.0622 e. The Kier molecular flexibility index (Phi) is 7.01. The molecule has 5 aromatic rings. The van der Waals surface area contributed by atoms with Gasteiger partial charge in [-0.15, -0.1) is 0 Å². The van der Waals surface area contributed by atoms with E-state index in [4.69, 9.17) is 0 Å². The van der Waals surface area contributed by atoms with Crippen molar-refractivity contribution < 1.29 is 0 Å². The maximum atomic E-state index is 2.37. The highest BCUT2D eigenvalue weighted by molar-refractivity contribution is 7.80. The fraction of sp³-hybridized carbons (Fsp3) is 0.0625. The summed E-state index contributed by atoms with van der Waals surface area (Å²) >= 11 is 0. The van der Waals surface area contributed by atoms with Crippen LogP contribution in [0.5, 0.6) is 0 Å². The molecular formula is C32H28P2. The van der Waals surface area contributed by atoms with Crippen LogP contribution < -0.4 is 31.8 Å². The summed E-state index contributed by atoms with van der Waals surface area (Å²) in [5, 5.41) is 8.36. The molecule has 0 N–H and O–H groups in total. The van der Waals surface area contributed by atoms with Crippen molar-refractivity contribution in [2.24, 2.45) is 0 Å². The third-order valence-electron chi connectivity index (χ3n) is 5.91. The molecule has 0 amide bonds. The zero-order valence-corrected chi connectivity index (χ0v) is 21.4. The number of benzene rings is 5. The molecular weight excluding hydrogens is 446 g/mol. The van der Waals surface area contributed by atoms with Gasteiger partial charge in [0.2, 0.25) is 0 Å². The normalized spacial score (nSPS) is 12.8. The molecule has 0 aliphatic carbocycles. The Morgan fingerprint density at radius 2 is 0.647 bits per heavy atom. The van der Waals surface area contributed by atoms with Crippen LogP contribution in [-0.2, 0) is 0 Å². The van der Waals surface area contributed by atoms with Crippen LogP contribution in [0, 0.1) is 13.8 Å². The molecule has 0 heterocycles. The topological polar surface area (TPSA) is 0 Å². The van der Waals surface area contributed by atoms with Crippen LogP contribution in [0.2, 0.25) is 0 Å². The Bertz CT molecular complexity index is 1250. The Labute approximate surface area is 205 Å². The van der Waals surface area contributed by atoms with E-state index in [1.54, 1.807) is 0 Å². The quantitative estimate of drug-likeness (QED) is 0.272. The van der Waals surface area contributed by atoms with Gasteiger partial charge in [-0.05, 0) is 61.5 Å². The Morgan fingerprint density at radius 1 is 0.324 bits per heavy atom. The van der Waals surface area contributed by atoms with Crippen molar-refractivity contribution >= 4 is 47.7 Å². The van der Waals surface area contributed by atoms with Crippen molar-refractivity contribution in [1.29, 1.82) is 0 Å². The van der Waals surface area contributed by atoms with Crippen LogP contribution in [-0.4, -0.2) is 0 Å². The maximum Gasteiger partial charge on any atom is -0.0134 e. The fourth-order valence-electron chi connectivity index (χ4n) is 4.33. The zero-order valence-electron chi connectivity index (χ0n) is 19.6. The molecule has 5 rings (SSSR count). The van der Waals surface area contributed by atoms with Crippen LogP contribution in [0.1, 0.15) is 11.1 Å². The van der Waals surface area contributed by atoms with Gasteiger partial charge in [-0.3, -0.25) is 0 Å². The van der Waals surface area contributed by atoms with Crippen molar-refractivity contribution in [1.82, 2.24) is 0 Å². The summed E-state index contributed by atoms with van der Waals surface area (Å²) in [5.74, 6) is 0. The Hall–Kier alpha value is -3.04. The lowest BCUT2D eigenvalue weighted by atomic mass is 10.2. The first-order chi connectivity index (χ1) is 16.7. The van der Waals surface area contributed by atoms with Crippen LogP contribution in [0.25, 0.3) is 0 Å². The molecule has 0 aliphatic rings. The summed E-state index contributed by atoms with van der Waals surface area (Å²) in [6.07, 6.45) is 0. The van der Waals surface area contributed by atoms with E-state index < -0.39 is 15.8 Å². The Morgan fingerprint density at radius 3 is 1.00 bits per heavy atom. The van der Waals surface area contributed by atoms with Gasteiger partial charge in [0.05, 0.1) is 0 Å². The fourth-order valence-corrected chi connectivity index (χ4v) is 9.09. The highest BCUT2D eigenvalue weighted by Gasteiger charge is 2.20. The smallest absolute Gasteiger partial charge is 0.0134 e. The molecule has 5 aromatic carbocycles. The van der Waals surface area contributed by atoms with Crippen molar-refractivity contribution in [3.63, 3.8) is 0 Å². The van der Waals surface area contributed by atoms with Crippen LogP contribution in [0.15, 0.2) is 133 Å². The van der Waals surface area contributed by atoms with Crippen molar-refractivity contribution in [2.45, 2.75) is 13.8 Å². The van der Waals surface area contributed by atoms with E-state index in [-0.39, 0.29) is 0 Å². The number of aryl methyl sites for hydroxylation is 2. The van der Waals surface area contributed by atoms with Gasteiger partial charge < -0.3 is 0 Å². The standard InChI is InChI=1S/C32H28P2/c1-25-11-9-17-31(23-25)33(27-13-5-3-6-14-27)29-19-21-30(22-20-29)34(28-15-7-4-8-16-28)32-18-10-12-26(2)24-32/h3-24H,1-2H3. The molecule has 2 atom stereocenters. The van der Waals surface area contributed by atoms with Gasteiger partial charge in [0, 0.05) is 0 Å². The summed E-state index contributed by atoms with van der Waals surface area (Å²) in [5.41, 5.74) is 2.62. The minimum absolute atomic E-state index is 0.600. The molecule has 2 unspecified atom stereocenters. The molecule has 0 fully saturated rings. The summed E-state index contributed by atoms with van der Waals surface area (Å²) in [4.78, 5) is 0. The first-order valence-corrected chi connectivity index (χ1v) is 14.3. The third kappa shape index (κ3) is 5.05. The van der Waals surface area contributed by atoms with Gasteiger partial charge in [0.1, 0.15) is 0 Å². The van der Waals surface area contributed by atoms with E-state index in [1.807, 2.05) is 0 Å². The molecule has 0 radical (unpaired) electrons. The lowest BCUT2D eigenvalue weighted by Crippen LogP contribution is -2.24. The lowest BCUT2D eigenvalue weighted by molar-refractivity contribution is 1.49. The highest BCUT2D eigenvalue weighted by Crippen LogP contribution is 2.35. The second-order valence-electron chi connectivity index (χ2n) is 8.54. The van der Waals surface area contributed by atoms with Crippen molar-refractivity contribution in [3.05, 3.63) is 145 Å². The van der Waals surface area contributed by atoms with Crippen molar-refractivity contribution in [3.8, 4) is 0 Å². The van der Waals surface area contributed by atoms with E-state index in [9.17, 15) is 0 Å². The molecule has 2 heteroatoms. The minimum atomic E-state index is -0.600. The first kappa shape index (κ1) is 22.7. The molecule has 166 valence electrons. The minimum Gasteiger partial charge on any atom is -0.0622 e. The van der Waals surface area contributed by atoms with Gasteiger partial charge >= 0.3 is 0 Å². The van der Waals surface area contributed by atoms with Crippen molar-refractivity contribution in [2.75, 3.05) is 0 Å². The average Bonchev–Trinajstić information content (AvgIpc) is 2.87. The molecule has 0 nitrogen and oxygen atoms in total. The highest BCUT2D eigenvalue weighted by atomic mass is 31.1. The summed E-state index contributed by atoms with van der Waals surface area (Å²) in [7, 11) is -1.20. The molecule has 0 spiro atoms. The summed E-state index contributed by atoms with van der Waals surface area (Å²) in [6.45, 7) is 4.36. The zero-order chi connectivity index (χ0) is 23.3. The molecule has 0 saturated carbocycles. The van der Waals surface area contributed by atoms with Gasteiger partial charge in [0.15, 0.2) is 0 Å². The van der Waals surface area contributed by atoms with Gasteiger partial charge in [-0.1, -0.05) is 145 Å². The van der Waals surface area contributed by atoms with E-state index in [2.05, 4.69) is 147 Å². The maximum absolute atomic E-state index is 2.37. The number of hydrogen-bond acceptors (Lipinski definition) is 0. The van der Waals surface area contributed by atoms with E-state index in [0.29, 0.717) is 0 Å². The summed E-state index contributed by atoms with van der Waals surface area (Å²) in [6, 6.07) is 49.3. The van der Waals surface area contributed by atoms with E-state index >= 15 is 0 Å². The van der Waals surface area contributed by atoms with Crippen LogP contribution in [0.4, 0.5) is 0 Å². The molecule has 34 heavy (non-hydrogen) atoms. The predicted molar refractivity (Wildman–Crippen MR) is 153 cm³/mol. The number of hydrogen-bond donors (Lipinski definition) is 0. The van der Waals surface area contributed by atoms with Crippen LogP contribution >= 0.6 is 15.8 Å². The first-order valence-electron chi connectivity index (χ1n) is 11.6. The van der Waals surface area contributed by atoms with Crippen LogP contribution in [0.3, 0.4) is 0 Å². The Balaban J connectivity index is 1.59. The second kappa shape index (κ2) is 10.5. The molecule has 0 bridgehead atoms. The lowest BCUT2D eigenvalue weighted by Gasteiger charge is -2.23. The monoisotopic (exact) mass is 474 g/mol. The van der Waals surface area contributed by atoms with Gasteiger partial charge in [0.25, 0.3) is 0 Å². The average molecular weight is 475 g/mol. The molecule has 0 saturated heterocycles. The van der Waals surface area contributed by atoms with E-state index in [0.717, 1.165) is 0 Å². The molecule has 0 aliphatic heterocycles. The van der Waals surface area contributed by atoms with E-state index in [1.165, 1.54) is 43.0 Å². The third-order valence-corrected chi connectivity index (χ3v) is 10.8.